The van der Waals surface area contributed by atoms with Gasteiger partial charge < -0.3 is 10.6 Å². The molecule has 3 nitrogen and oxygen atoms in total. The zero-order valence-corrected chi connectivity index (χ0v) is 7.74. The van der Waals surface area contributed by atoms with Crippen LogP contribution >= 0.6 is 0 Å². The molecule has 0 aliphatic heterocycles. The molecule has 0 aliphatic carbocycles. The van der Waals surface area contributed by atoms with E-state index < -0.39 is 6.43 Å². The van der Waals surface area contributed by atoms with Crippen molar-refractivity contribution in [1.82, 2.24) is 4.98 Å². The second-order valence-corrected chi connectivity index (χ2v) is 2.83. The maximum absolute atomic E-state index is 12.2. The van der Waals surface area contributed by atoms with Crippen LogP contribution in [0.5, 0.6) is 0 Å². The van der Waals surface area contributed by atoms with Crippen LogP contribution in [0.1, 0.15) is 0 Å². The fourth-order valence-electron chi connectivity index (χ4n) is 1.20. The number of pyridine rings is 1. The number of anilines is 1. The van der Waals surface area contributed by atoms with Crippen molar-refractivity contribution in [1.29, 1.82) is 0 Å². The molecule has 0 saturated carbocycles. The summed E-state index contributed by atoms with van der Waals surface area (Å²) in [5.74, 6) is 0. The minimum Gasteiger partial charge on any atom is -0.364 e. The van der Waals surface area contributed by atoms with Crippen LogP contribution in [0.15, 0.2) is 24.5 Å². The van der Waals surface area contributed by atoms with Crippen LogP contribution in [0, 0.1) is 0 Å². The predicted molar refractivity (Wildman–Crippen MR) is 51.5 cm³/mol. The first kappa shape index (κ1) is 10.8. The van der Waals surface area contributed by atoms with Gasteiger partial charge in [-0.15, -0.1) is 0 Å². The van der Waals surface area contributed by atoms with E-state index in [1.807, 2.05) is 0 Å². The molecule has 0 spiro atoms. The summed E-state index contributed by atoms with van der Waals surface area (Å²) in [6.07, 6.45) is 0.795. The molecule has 0 fully saturated rings. The number of rotatable bonds is 5. The van der Waals surface area contributed by atoms with Crippen molar-refractivity contribution >= 4 is 5.69 Å². The molecule has 1 aromatic rings. The highest BCUT2D eigenvalue weighted by Gasteiger charge is 2.11. The summed E-state index contributed by atoms with van der Waals surface area (Å²) in [6.45, 7) is 0.491. The van der Waals surface area contributed by atoms with Crippen molar-refractivity contribution in [2.45, 2.75) is 6.43 Å². The van der Waals surface area contributed by atoms with Crippen molar-refractivity contribution in [3.8, 4) is 0 Å². The molecule has 78 valence electrons. The molecular weight excluding hydrogens is 188 g/mol. The molecule has 0 aliphatic rings. The molecule has 0 aromatic carbocycles. The fourth-order valence-corrected chi connectivity index (χ4v) is 1.20. The standard InChI is InChI=1S/C9H13F2N3/c10-9(11)7-14(6-3-12)8-1-4-13-5-2-8/h1-2,4-5,9H,3,6-7,12H2. The topological polar surface area (TPSA) is 42.1 Å². The van der Waals surface area contributed by atoms with E-state index >= 15 is 0 Å². The van der Waals surface area contributed by atoms with Gasteiger partial charge in [0, 0.05) is 31.2 Å². The lowest BCUT2D eigenvalue weighted by Gasteiger charge is -2.23. The van der Waals surface area contributed by atoms with E-state index in [9.17, 15) is 8.78 Å². The van der Waals surface area contributed by atoms with E-state index in [0.717, 1.165) is 5.69 Å². The molecule has 5 heteroatoms. The Bertz CT molecular complexity index is 253. The van der Waals surface area contributed by atoms with E-state index in [0.29, 0.717) is 13.1 Å². The number of hydrogen-bond acceptors (Lipinski definition) is 3. The van der Waals surface area contributed by atoms with Crippen LogP contribution in [-0.4, -0.2) is 31.0 Å². The Kier molecular flexibility index (Phi) is 4.25. The lowest BCUT2D eigenvalue weighted by atomic mass is 10.3. The summed E-state index contributed by atoms with van der Waals surface area (Å²) in [7, 11) is 0. The third kappa shape index (κ3) is 3.26. The number of nitrogens with two attached hydrogens (primary N) is 1. The third-order valence-electron chi connectivity index (χ3n) is 1.79. The largest absolute Gasteiger partial charge is 0.364 e. The molecule has 1 heterocycles. The van der Waals surface area contributed by atoms with Gasteiger partial charge in [-0.05, 0) is 12.1 Å². The number of aromatic nitrogens is 1. The molecule has 1 aromatic heterocycles. The highest BCUT2D eigenvalue weighted by Crippen LogP contribution is 2.12. The Hall–Kier alpha value is -1.23. The molecule has 0 saturated heterocycles. The molecular formula is C9H13F2N3. The molecule has 0 bridgehead atoms. The van der Waals surface area contributed by atoms with Gasteiger partial charge in [-0.2, -0.15) is 0 Å². The van der Waals surface area contributed by atoms with Gasteiger partial charge in [0.2, 0.25) is 0 Å². The van der Waals surface area contributed by atoms with Gasteiger partial charge in [0.15, 0.2) is 0 Å². The molecule has 0 radical (unpaired) electrons. The van der Waals surface area contributed by atoms with E-state index in [4.69, 9.17) is 5.73 Å². The van der Waals surface area contributed by atoms with Gasteiger partial charge in [-0.3, -0.25) is 4.98 Å². The molecule has 2 N–H and O–H groups in total. The predicted octanol–water partition coefficient (Wildman–Crippen LogP) is 1.11. The second kappa shape index (κ2) is 5.49. The minimum absolute atomic E-state index is 0.290. The summed E-state index contributed by atoms with van der Waals surface area (Å²) in [5.41, 5.74) is 6.07. The maximum Gasteiger partial charge on any atom is 0.255 e. The van der Waals surface area contributed by atoms with E-state index in [2.05, 4.69) is 4.98 Å². The average Bonchev–Trinajstić information content (AvgIpc) is 2.18. The maximum atomic E-state index is 12.2. The summed E-state index contributed by atoms with van der Waals surface area (Å²) >= 11 is 0. The van der Waals surface area contributed by atoms with E-state index in [-0.39, 0.29) is 6.54 Å². The molecule has 0 unspecified atom stereocenters. The highest BCUT2D eigenvalue weighted by molar-refractivity contribution is 5.44. The second-order valence-electron chi connectivity index (χ2n) is 2.83. The van der Waals surface area contributed by atoms with Crippen molar-refractivity contribution in [3.05, 3.63) is 24.5 Å². The van der Waals surface area contributed by atoms with Crippen LogP contribution in [-0.2, 0) is 0 Å². The lowest BCUT2D eigenvalue weighted by Crippen LogP contribution is -2.33. The summed E-state index contributed by atoms with van der Waals surface area (Å²) in [6, 6.07) is 3.38. The van der Waals surface area contributed by atoms with Crippen LogP contribution in [0.2, 0.25) is 0 Å². The number of nitrogens with zero attached hydrogens (tertiary/aromatic N) is 2. The van der Waals surface area contributed by atoms with Crippen molar-refractivity contribution in [3.63, 3.8) is 0 Å². The van der Waals surface area contributed by atoms with Gasteiger partial charge in [0.1, 0.15) is 0 Å². The quantitative estimate of drug-likeness (QED) is 0.776. The summed E-state index contributed by atoms with van der Waals surface area (Å²) in [4.78, 5) is 5.37. The van der Waals surface area contributed by atoms with Gasteiger partial charge in [0.25, 0.3) is 6.43 Å². The molecule has 1 rings (SSSR count). The highest BCUT2D eigenvalue weighted by atomic mass is 19.3. The zero-order chi connectivity index (χ0) is 10.4. The zero-order valence-electron chi connectivity index (χ0n) is 7.74. The summed E-state index contributed by atoms with van der Waals surface area (Å²) < 4.78 is 24.4. The van der Waals surface area contributed by atoms with Gasteiger partial charge in [0.05, 0.1) is 6.54 Å². The third-order valence-corrected chi connectivity index (χ3v) is 1.79. The van der Waals surface area contributed by atoms with Gasteiger partial charge in [-0.1, -0.05) is 0 Å². The normalized spacial score (nSPS) is 10.6. The Morgan fingerprint density at radius 3 is 2.50 bits per heavy atom. The number of halogens is 2. The van der Waals surface area contributed by atoms with E-state index in [1.165, 1.54) is 0 Å². The Morgan fingerprint density at radius 2 is 2.00 bits per heavy atom. The first-order valence-electron chi connectivity index (χ1n) is 4.37. The van der Waals surface area contributed by atoms with Crippen molar-refractivity contribution < 1.29 is 8.78 Å². The van der Waals surface area contributed by atoms with Crippen LogP contribution in [0.4, 0.5) is 14.5 Å². The first-order chi connectivity index (χ1) is 6.74. The average molecular weight is 201 g/mol. The van der Waals surface area contributed by atoms with Crippen molar-refractivity contribution in [2.75, 3.05) is 24.5 Å². The fraction of sp³-hybridized carbons (Fsp3) is 0.444. The van der Waals surface area contributed by atoms with Crippen LogP contribution in [0.3, 0.4) is 0 Å². The van der Waals surface area contributed by atoms with Crippen LogP contribution < -0.4 is 10.6 Å². The van der Waals surface area contributed by atoms with Crippen LogP contribution in [0.25, 0.3) is 0 Å². The SMILES string of the molecule is NCCN(CC(F)F)c1ccncc1. The molecule has 14 heavy (non-hydrogen) atoms. The lowest BCUT2D eigenvalue weighted by molar-refractivity contribution is 0.155. The Labute approximate surface area is 81.5 Å². The number of hydrogen-bond donors (Lipinski definition) is 1. The van der Waals surface area contributed by atoms with Crippen molar-refractivity contribution in [2.24, 2.45) is 5.73 Å². The van der Waals surface area contributed by atoms with Gasteiger partial charge in [-0.25, -0.2) is 8.78 Å². The monoisotopic (exact) mass is 201 g/mol. The molecule has 0 atom stereocenters. The first-order valence-corrected chi connectivity index (χ1v) is 4.37. The van der Waals surface area contributed by atoms with E-state index in [1.54, 1.807) is 29.4 Å². The smallest absolute Gasteiger partial charge is 0.255 e. The molecule has 0 amide bonds. The van der Waals surface area contributed by atoms with Gasteiger partial charge >= 0.3 is 0 Å². The Morgan fingerprint density at radius 1 is 1.36 bits per heavy atom. The minimum atomic E-state index is -2.35. The Balaban J connectivity index is 2.67. The number of alkyl halides is 2. The summed E-state index contributed by atoms with van der Waals surface area (Å²) in [5, 5.41) is 0.